The molecule has 4 nitrogen and oxygen atoms in total. The van der Waals surface area contributed by atoms with E-state index in [2.05, 4.69) is 20.8 Å². The molecule has 2 aliphatic rings. The second-order valence-electron chi connectivity index (χ2n) is 6.68. The number of rotatable bonds is 3. The summed E-state index contributed by atoms with van der Waals surface area (Å²) < 4.78 is 0. The zero-order valence-electron chi connectivity index (χ0n) is 12.1. The fourth-order valence-corrected chi connectivity index (χ4v) is 3.73. The lowest BCUT2D eigenvalue weighted by Crippen LogP contribution is -2.46. The van der Waals surface area contributed by atoms with E-state index in [-0.39, 0.29) is 18.4 Å². The van der Waals surface area contributed by atoms with Crippen molar-refractivity contribution in [1.29, 1.82) is 0 Å². The molecule has 1 saturated carbocycles. The number of hydrogen-bond donors (Lipinski definition) is 1. The molecule has 1 aliphatic heterocycles. The number of carbonyl (C=O) groups is 2. The third-order valence-electron chi connectivity index (χ3n) is 4.90. The van der Waals surface area contributed by atoms with Crippen LogP contribution in [0.3, 0.4) is 0 Å². The Kier molecular flexibility index (Phi) is 4.16. The van der Waals surface area contributed by atoms with E-state index >= 15 is 0 Å². The van der Waals surface area contributed by atoms with Crippen molar-refractivity contribution in [1.82, 2.24) is 4.90 Å². The average Bonchev–Trinajstić information content (AvgIpc) is 2.71. The van der Waals surface area contributed by atoms with Gasteiger partial charge in [-0.05, 0) is 30.6 Å². The lowest BCUT2D eigenvalue weighted by Gasteiger charge is -2.42. The highest BCUT2D eigenvalue weighted by Gasteiger charge is 2.42. The van der Waals surface area contributed by atoms with Crippen LogP contribution in [0, 0.1) is 23.7 Å². The molecule has 4 atom stereocenters. The third-order valence-corrected chi connectivity index (χ3v) is 4.90. The summed E-state index contributed by atoms with van der Waals surface area (Å²) in [6.07, 6.45) is 3.60. The second-order valence-corrected chi connectivity index (χ2v) is 6.68. The molecule has 0 spiro atoms. The predicted octanol–water partition coefficient (Wildman–Crippen LogP) is 2.38. The van der Waals surface area contributed by atoms with Crippen molar-refractivity contribution in [3.8, 4) is 0 Å². The average molecular weight is 267 g/mol. The van der Waals surface area contributed by atoms with Gasteiger partial charge in [0.15, 0.2) is 0 Å². The van der Waals surface area contributed by atoms with E-state index < -0.39 is 11.9 Å². The molecular formula is C15H25NO3. The van der Waals surface area contributed by atoms with E-state index in [0.29, 0.717) is 24.3 Å². The lowest BCUT2D eigenvalue weighted by atomic mass is 9.73. The highest BCUT2D eigenvalue weighted by molar-refractivity contribution is 5.86. The molecule has 0 radical (unpaired) electrons. The fourth-order valence-electron chi connectivity index (χ4n) is 3.73. The second kappa shape index (κ2) is 5.51. The van der Waals surface area contributed by atoms with Gasteiger partial charge >= 0.3 is 5.97 Å². The van der Waals surface area contributed by atoms with E-state index in [9.17, 15) is 9.59 Å². The van der Waals surface area contributed by atoms with Gasteiger partial charge in [-0.3, -0.25) is 9.59 Å². The molecule has 1 saturated heterocycles. The van der Waals surface area contributed by atoms with Crippen LogP contribution in [0.5, 0.6) is 0 Å². The largest absolute Gasteiger partial charge is 0.481 e. The molecule has 4 heteroatoms. The number of likely N-dealkylation sites (tertiary alicyclic amines) is 1. The predicted molar refractivity (Wildman–Crippen MR) is 72.6 cm³/mol. The SMILES string of the molecule is CC1CCC(C(C)C)C(N2CC(C(=O)O)CC2=O)C1. The van der Waals surface area contributed by atoms with Gasteiger partial charge in [0, 0.05) is 19.0 Å². The molecule has 19 heavy (non-hydrogen) atoms. The summed E-state index contributed by atoms with van der Waals surface area (Å²) in [4.78, 5) is 25.1. The first-order chi connectivity index (χ1) is 8.90. The number of aliphatic carboxylic acids is 1. The smallest absolute Gasteiger partial charge is 0.308 e. The van der Waals surface area contributed by atoms with Crippen molar-refractivity contribution in [3.05, 3.63) is 0 Å². The zero-order chi connectivity index (χ0) is 14.2. The molecule has 1 N–H and O–H groups in total. The van der Waals surface area contributed by atoms with Gasteiger partial charge in [0.1, 0.15) is 0 Å². The van der Waals surface area contributed by atoms with Gasteiger partial charge in [-0.15, -0.1) is 0 Å². The van der Waals surface area contributed by atoms with Crippen LogP contribution in [-0.2, 0) is 9.59 Å². The number of carboxylic acids is 1. The minimum Gasteiger partial charge on any atom is -0.481 e. The van der Waals surface area contributed by atoms with E-state index in [0.717, 1.165) is 12.8 Å². The Morgan fingerprint density at radius 2 is 2.05 bits per heavy atom. The number of carboxylic acid groups (broad SMARTS) is 1. The van der Waals surface area contributed by atoms with Crippen LogP contribution in [-0.4, -0.2) is 34.5 Å². The van der Waals surface area contributed by atoms with Crippen LogP contribution in [0.2, 0.25) is 0 Å². The van der Waals surface area contributed by atoms with Gasteiger partial charge in [-0.25, -0.2) is 0 Å². The first-order valence-corrected chi connectivity index (χ1v) is 7.42. The number of carbonyl (C=O) groups excluding carboxylic acids is 1. The molecule has 2 rings (SSSR count). The first kappa shape index (κ1) is 14.4. The van der Waals surface area contributed by atoms with Gasteiger partial charge in [0.05, 0.1) is 5.92 Å². The normalized spacial score (nSPS) is 36.0. The van der Waals surface area contributed by atoms with E-state index in [1.807, 2.05) is 4.90 Å². The van der Waals surface area contributed by atoms with Crippen LogP contribution in [0.15, 0.2) is 0 Å². The summed E-state index contributed by atoms with van der Waals surface area (Å²) in [5.41, 5.74) is 0. The van der Waals surface area contributed by atoms with Gasteiger partial charge in [-0.1, -0.05) is 27.2 Å². The van der Waals surface area contributed by atoms with Gasteiger partial charge in [0.2, 0.25) is 5.91 Å². The van der Waals surface area contributed by atoms with E-state index in [1.54, 1.807) is 0 Å². The molecule has 2 fully saturated rings. The summed E-state index contributed by atoms with van der Waals surface area (Å²) in [7, 11) is 0. The van der Waals surface area contributed by atoms with Crippen molar-refractivity contribution >= 4 is 11.9 Å². The Labute approximate surface area is 115 Å². The van der Waals surface area contributed by atoms with Crippen LogP contribution in [0.25, 0.3) is 0 Å². The number of nitrogens with zero attached hydrogens (tertiary/aromatic N) is 1. The van der Waals surface area contributed by atoms with E-state index in [1.165, 1.54) is 6.42 Å². The zero-order valence-corrected chi connectivity index (χ0v) is 12.1. The molecule has 0 bridgehead atoms. The number of amides is 1. The van der Waals surface area contributed by atoms with Crippen molar-refractivity contribution in [2.24, 2.45) is 23.7 Å². The highest BCUT2D eigenvalue weighted by Crippen LogP contribution is 2.38. The van der Waals surface area contributed by atoms with Crippen LogP contribution in [0.1, 0.15) is 46.5 Å². The maximum absolute atomic E-state index is 12.1. The summed E-state index contributed by atoms with van der Waals surface area (Å²) >= 11 is 0. The molecule has 1 heterocycles. The minimum atomic E-state index is -0.833. The van der Waals surface area contributed by atoms with Crippen molar-refractivity contribution in [2.45, 2.75) is 52.5 Å². The van der Waals surface area contributed by atoms with Crippen molar-refractivity contribution in [3.63, 3.8) is 0 Å². The summed E-state index contributed by atoms with van der Waals surface area (Å²) in [5.74, 6) is 0.411. The van der Waals surface area contributed by atoms with Crippen LogP contribution < -0.4 is 0 Å². The summed E-state index contributed by atoms with van der Waals surface area (Å²) in [6.45, 7) is 7.07. The molecule has 1 amide bonds. The molecule has 0 aromatic carbocycles. The van der Waals surface area contributed by atoms with Crippen molar-refractivity contribution in [2.75, 3.05) is 6.54 Å². The monoisotopic (exact) mass is 267 g/mol. The summed E-state index contributed by atoms with van der Waals surface area (Å²) in [5, 5.41) is 9.10. The topological polar surface area (TPSA) is 57.6 Å². The standard InChI is InChI=1S/C15H25NO3/c1-9(2)12-5-4-10(3)6-13(12)16-8-11(15(18)19)7-14(16)17/h9-13H,4-8H2,1-3H3,(H,18,19). The maximum Gasteiger partial charge on any atom is 0.308 e. The van der Waals surface area contributed by atoms with Crippen molar-refractivity contribution < 1.29 is 14.7 Å². The lowest BCUT2D eigenvalue weighted by molar-refractivity contribution is -0.141. The Bertz CT molecular complexity index is 366. The summed E-state index contributed by atoms with van der Waals surface area (Å²) in [6, 6.07) is 0.251. The highest BCUT2D eigenvalue weighted by atomic mass is 16.4. The molecule has 1 aliphatic carbocycles. The molecule has 4 unspecified atom stereocenters. The van der Waals surface area contributed by atoms with Gasteiger partial charge in [0.25, 0.3) is 0 Å². The number of hydrogen-bond acceptors (Lipinski definition) is 2. The van der Waals surface area contributed by atoms with E-state index in [4.69, 9.17) is 5.11 Å². The van der Waals surface area contributed by atoms with Crippen LogP contribution in [0.4, 0.5) is 0 Å². The Balaban J connectivity index is 2.13. The Morgan fingerprint density at radius 1 is 1.37 bits per heavy atom. The molecule has 0 aromatic rings. The molecular weight excluding hydrogens is 242 g/mol. The third kappa shape index (κ3) is 2.93. The van der Waals surface area contributed by atoms with Gasteiger partial charge in [-0.2, -0.15) is 0 Å². The molecule has 108 valence electrons. The first-order valence-electron chi connectivity index (χ1n) is 7.42. The Morgan fingerprint density at radius 3 is 2.58 bits per heavy atom. The fraction of sp³-hybridized carbons (Fsp3) is 0.867. The molecule has 0 aromatic heterocycles. The van der Waals surface area contributed by atoms with Crippen LogP contribution >= 0.6 is 0 Å². The maximum atomic E-state index is 12.1. The Hall–Kier alpha value is -1.06. The minimum absolute atomic E-state index is 0.0390. The van der Waals surface area contributed by atoms with Gasteiger partial charge < -0.3 is 10.0 Å². The quantitative estimate of drug-likeness (QED) is 0.854.